The van der Waals surface area contributed by atoms with Gasteiger partial charge in [-0.25, -0.2) is 4.57 Å². The number of hydrogen-bond donors (Lipinski definition) is 3. The maximum Gasteiger partial charge on any atom is 0.469 e. The summed E-state index contributed by atoms with van der Waals surface area (Å²) in [6.45, 7) is 3.42. The molecule has 0 radical (unpaired) electrons. The maximum absolute atomic E-state index is 12.4. The molecule has 0 aromatic rings. The molecule has 292 valence electrons. The van der Waals surface area contributed by atoms with E-state index in [4.69, 9.17) is 19.3 Å². The van der Waals surface area contributed by atoms with Crippen molar-refractivity contribution in [1.82, 2.24) is 0 Å². The zero-order valence-corrected chi connectivity index (χ0v) is 32.5. The van der Waals surface area contributed by atoms with Crippen LogP contribution in [0, 0.1) is 0 Å². The van der Waals surface area contributed by atoms with Gasteiger partial charge in [0.1, 0.15) is 6.61 Å². The second kappa shape index (κ2) is 35.8. The molecule has 0 saturated carbocycles. The highest BCUT2D eigenvalue weighted by molar-refractivity contribution is 7.46. The van der Waals surface area contributed by atoms with E-state index in [1.54, 1.807) is 6.08 Å². The van der Waals surface area contributed by atoms with Gasteiger partial charge in [-0.1, -0.05) is 164 Å². The smallest absolute Gasteiger partial charge is 0.462 e. The normalized spacial score (nSPS) is 13.9. The first-order valence-electron chi connectivity index (χ1n) is 19.3. The lowest BCUT2D eigenvalue weighted by molar-refractivity contribution is -0.161. The van der Waals surface area contributed by atoms with Gasteiger partial charge in [0, 0.05) is 12.8 Å². The third-order valence-corrected chi connectivity index (χ3v) is 8.32. The van der Waals surface area contributed by atoms with Gasteiger partial charge in [-0.3, -0.25) is 14.1 Å². The molecule has 10 heteroatoms. The molecule has 0 aliphatic heterocycles. The molecule has 0 fully saturated rings. The van der Waals surface area contributed by atoms with Crippen LogP contribution in [0.2, 0.25) is 0 Å². The number of esters is 2. The summed E-state index contributed by atoms with van der Waals surface area (Å²) in [7, 11) is -4.78. The third kappa shape index (κ3) is 38.5. The van der Waals surface area contributed by atoms with E-state index in [2.05, 4.69) is 36.6 Å². The molecule has 1 unspecified atom stereocenters. The lowest BCUT2D eigenvalue weighted by atomic mass is 10.0. The largest absolute Gasteiger partial charge is 0.469 e. The third-order valence-electron chi connectivity index (χ3n) is 7.83. The van der Waals surface area contributed by atoms with Crippen LogP contribution < -0.4 is 0 Å². The van der Waals surface area contributed by atoms with E-state index in [1.165, 1.54) is 57.8 Å². The first-order valence-corrected chi connectivity index (χ1v) is 20.9. The van der Waals surface area contributed by atoms with Crippen LogP contribution in [0.5, 0.6) is 0 Å². The zero-order valence-electron chi connectivity index (χ0n) is 31.6. The Morgan fingerprint density at radius 2 is 1.18 bits per heavy atom. The Bertz CT molecular complexity index is 1070. The Kier molecular flexibility index (Phi) is 34.0. The number of allylic oxidation sites excluding steroid dienone is 10. The van der Waals surface area contributed by atoms with Crippen LogP contribution in [0.25, 0.3) is 0 Å². The van der Waals surface area contributed by atoms with E-state index >= 15 is 0 Å². The number of carbonyl (C=O) groups is 2. The van der Waals surface area contributed by atoms with E-state index in [0.29, 0.717) is 25.7 Å². The Balaban J connectivity index is 4.16. The lowest BCUT2D eigenvalue weighted by Gasteiger charge is -2.18. The van der Waals surface area contributed by atoms with Gasteiger partial charge in [-0.2, -0.15) is 0 Å². The zero-order chi connectivity index (χ0) is 37.7. The summed E-state index contributed by atoms with van der Waals surface area (Å²) in [5, 5.41) is 9.96. The van der Waals surface area contributed by atoms with Crippen LogP contribution in [0.1, 0.15) is 149 Å². The van der Waals surface area contributed by atoms with Crippen molar-refractivity contribution >= 4 is 19.8 Å². The van der Waals surface area contributed by atoms with Crippen LogP contribution in [-0.2, 0) is 28.2 Å². The Morgan fingerprint density at radius 1 is 0.627 bits per heavy atom. The topological polar surface area (TPSA) is 140 Å². The van der Waals surface area contributed by atoms with E-state index in [9.17, 15) is 19.3 Å². The highest BCUT2D eigenvalue weighted by Crippen LogP contribution is 2.36. The average Bonchev–Trinajstić information content (AvgIpc) is 3.09. The molecule has 0 spiro atoms. The van der Waals surface area contributed by atoms with E-state index in [-0.39, 0.29) is 19.4 Å². The van der Waals surface area contributed by atoms with Gasteiger partial charge >= 0.3 is 19.8 Å². The van der Waals surface area contributed by atoms with Crippen LogP contribution in [0.4, 0.5) is 0 Å². The van der Waals surface area contributed by atoms with Crippen LogP contribution >= 0.6 is 7.82 Å². The molecule has 9 nitrogen and oxygen atoms in total. The summed E-state index contributed by atoms with van der Waals surface area (Å²) in [6.07, 6.45) is 42.3. The molecule has 3 N–H and O–H groups in total. The minimum absolute atomic E-state index is 0.117. The Morgan fingerprint density at radius 3 is 1.78 bits per heavy atom. The predicted octanol–water partition coefficient (Wildman–Crippen LogP) is 10.5. The minimum Gasteiger partial charge on any atom is -0.462 e. The van der Waals surface area contributed by atoms with Crippen molar-refractivity contribution in [3.05, 3.63) is 72.9 Å². The second-order valence-corrected chi connectivity index (χ2v) is 14.0. The van der Waals surface area contributed by atoms with E-state index < -0.39 is 38.6 Å². The molecule has 0 aromatic heterocycles. The van der Waals surface area contributed by atoms with Gasteiger partial charge in [0.05, 0.1) is 12.7 Å². The quantitative estimate of drug-likeness (QED) is 0.0194. The predicted molar refractivity (Wildman–Crippen MR) is 208 cm³/mol. The average molecular weight is 737 g/mol. The Labute approximate surface area is 309 Å². The van der Waals surface area contributed by atoms with Crippen molar-refractivity contribution < 1.29 is 43.0 Å². The van der Waals surface area contributed by atoms with Crippen LogP contribution in [-0.4, -0.2) is 52.3 Å². The molecule has 0 amide bonds. The fraction of sp³-hybridized carbons (Fsp3) is 0.659. The molecule has 0 saturated heterocycles. The van der Waals surface area contributed by atoms with Crippen molar-refractivity contribution in [2.45, 2.75) is 161 Å². The number of carbonyl (C=O) groups excluding carboxylic acids is 2. The number of hydrogen-bond acceptors (Lipinski definition) is 7. The summed E-state index contributed by atoms with van der Waals surface area (Å²) in [4.78, 5) is 42.7. The molecule has 0 heterocycles. The molecule has 51 heavy (non-hydrogen) atoms. The molecule has 0 aliphatic rings. The maximum atomic E-state index is 12.4. The van der Waals surface area contributed by atoms with Gasteiger partial charge in [-0.05, 0) is 44.9 Å². The number of unbranched alkanes of at least 4 members (excludes halogenated alkanes) is 12. The molecule has 0 aliphatic carbocycles. The van der Waals surface area contributed by atoms with Crippen molar-refractivity contribution in [1.29, 1.82) is 0 Å². The highest BCUT2D eigenvalue weighted by Gasteiger charge is 2.22. The summed E-state index contributed by atoms with van der Waals surface area (Å²) in [5.74, 6) is -1.02. The van der Waals surface area contributed by atoms with Gasteiger partial charge < -0.3 is 24.4 Å². The first kappa shape index (κ1) is 48.5. The number of ether oxygens (including phenoxy) is 2. The molecular formula is C41H69O9P. The monoisotopic (exact) mass is 736 g/mol. The number of rotatable bonds is 34. The van der Waals surface area contributed by atoms with Crippen molar-refractivity contribution in [3.63, 3.8) is 0 Å². The molecule has 0 aromatic carbocycles. The standard InChI is InChI=1S/C41H69O9P/c1-3-5-7-9-11-12-13-14-15-20-23-27-31-35-41(44)50-39(37-49-51(45,46)47)36-48-40(43)34-30-26-22-19-17-16-18-21-25-29-33-38(42)32-28-24-10-8-6-4-2/h6,8,16-17,21-22,24-26,28-29,33,38-39,42H,3-5,7,9-15,18-20,23,27,30-32,34-37H2,1-2H3,(H2,45,46,47)/b8-6-,17-16-,25-21-,26-22-,28-24-,33-29+/t38?,39-/m1/s1. The fourth-order valence-corrected chi connectivity index (χ4v) is 5.31. The summed E-state index contributed by atoms with van der Waals surface area (Å²) < 4.78 is 26.2. The van der Waals surface area contributed by atoms with Crippen molar-refractivity contribution in [3.8, 4) is 0 Å². The number of phosphoric acid groups is 1. The SMILES string of the molecule is CC/C=C\C/C=C\CC(O)/C=C/C=C\C/C=C\C/C=C\CCC(=O)OC[C@H](COP(=O)(O)O)OC(=O)CCCCCCCCCCCCCCC. The fourth-order valence-electron chi connectivity index (χ4n) is 4.95. The molecular weight excluding hydrogens is 667 g/mol. The highest BCUT2D eigenvalue weighted by atomic mass is 31.2. The lowest BCUT2D eigenvalue weighted by Crippen LogP contribution is -2.29. The molecule has 0 bridgehead atoms. The van der Waals surface area contributed by atoms with Crippen LogP contribution in [0.3, 0.4) is 0 Å². The van der Waals surface area contributed by atoms with Crippen molar-refractivity contribution in [2.75, 3.05) is 13.2 Å². The Hall–Kier alpha value is -2.55. The van der Waals surface area contributed by atoms with E-state index in [0.717, 1.165) is 38.5 Å². The summed E-state index contributed by atoms with van der Waals surface area (Å²) >= 11 is 0. The van der Waals surface area contributed by atoms with Gasteiger partial charge in [-0.15, -0.1) is 0 Å². The molecule has 0 rings (SSSR count). The number of aliphatic hydroxyl groups excluding tert-OH is 1. The van der Waals surface area contributed by atoms with E-state index in [1.807, 2.05) is 48.6 Å². The molecule has 2 atom stereocenters. The minimum atomic E-state index is -4.78. The summed E-state index contributed by atoms with van der Waals surface area (Å²) in [6, 6.07) is 0. The number of aliphatic hydroxyl groups is 1. The van der Waals surface area contributed by atoms with Gasteiger partial charge in [0.2, 0.25) is 0 Å². The summed E-state index contributed by atoms with van der Waals surface area (Å²) in [5.41, 5.74) is 0. The number of phosphoric ester groups is 1. The second-order valence-electron chi connectivity index (χ2n) is 12.7. The van der Waals surface area contributed by atoms with Gasteiger partial charge in [0.25, 0.3) is 0 Å². The van der Waals surface area contributed by atoms with Crippen molar-refractivity contribution in [2.24, 2.45) is 0 Å². The van der Waals surface area contributed by atoms with Gasteiger partial charge in [0.15, 0.2) is 6.10 Å². The van der Waals surface area contributed by atoms with Crippen LogP contribution in [0.15, 0.2) is 72.9 Å². The first-order chi connectivity index (χ1) is 24.7.